The highest BCUT2D eigenvalue weighted by molar-refractivity contribution is 7.13. The van der Waals surface area contributed by atoms with E-state index in [1.165, 1.54) is 11.3 Å². The maximum absolute atomic E-state index is 5.12. The molecule has 0 aliphatic heterocycles. The van der Waals surface area contributed by atoms with Crippen molar-refractivity contribution in [3.63, 3.8) is 0 Å². The fourth-order valence-electron chi connectivity index (χ4n) is 0.408. The molecule has 0 saturated carbocycles. The second-order valence-electron chi connectivity index (χ2n) is 1.57. The SMILES string of the molecule is Nc1nncs1.c1ccsc1. The summed E-state index contributed by atoms with van der Waals surface area (Å²) >= 11 is 3.05. The first-order valence-corrected chi connectivity index (χ1v) is 4.70. The quantitative estimate of drug-likeness (QED) is 0.681. The highest BCUT2D eigenvalue weighted by Gasteiger charge is 1.78. The van der Waals surface area contributed by atoms with E-state index in [1.54, 1.807) is 16.8 Å². The summed E-state index contributed by atoms with van der Waals surface area (Å²) in [6, 6.07) is 4.04. The number of hydrogen-bond acceptors (Lipinski definition) is 5. The Bertz CT molecular complexity index is 234. The molecule has 0 aliphatic rings. The van der Waals surface area contributed by atoms with E-state index in [9.17, 15) is 0 Å². The van der Waals surface area contributed by atoms with Gasteiger partial charge in [0.2, 0.25) is 5.13 Å². The summed E-state index contributed by atoms with van der Waals surface area (Å²) in [5, 5.41) is 11.5. The van der Waals surface area contributed by atoms with Crippen molar-refractivity contribution in [2.24, 2.45) is 0 Å². The summed E-state index contributed by atoms with van der Waals surface area (Å²) in [6.07, 6.45) is 0. The first kappa shape index (κ1) is 8.16. The van der Waals surface area contributed by atoms with E-state index in [1.807, 2.05) is 22.9 Å². The number of hydrogen-bond donors (Lipinski definition) is 1. The van der Waals surface area contributed by atoms with E-state index in [-0.39, 0.29) is 0 Å². The van der Waals surface area contributed by atoms with Crippen LogP contribution in [0.4, 0.5) is 5.13 Å². The molecule has 0 fully saturated rings. The van der Waals surface area contributed by atoms with Gasteiger partial charge in [-0.2, -0.15) is 11.3 Å². The Labute approximate surface area is 72.5 Å². The summed E-state index contributed by atoms with van der Waals surface area (Å²) in [5.74, 6) is 0. The van der Waals surface area contributed by atoms with E-state index in [0.29, 0.717) is 5.13 Å². The van der Waals surface area contributed by atoms with Gasteiger partial charge < -0.3 is 5.73 Å². The lowest BCUT2D eigenvalue weighted by molar-refractivity contribution is 1.10. The standard InChI is InChI=1S/C4H4S.C2H3N3S/c1-2-4-5-3-1;3-2-5-4-1-6-2/h1-4H;1H,(H2,3,5). The van der Waals surface area contributed by atoms with Gasteiger partial charge in [-0.1, -0.05) is 23.5 Å². The molecule has 0 spiro atoms. The van der Waals surface area contributed by atoms with Crippen LogP contribution in [-0.2, 0) is 0 Å². The van der Waals surface area contributed by atoms with E-state index in [2.05, 4.69) is 10.2 Å². The molecule has 0 saturated heterocycles. The molecule has 0 aliphatic carbocycles. The van der Waals surface area contributed by atoms with E-state index >= 15 is 0 Å². The van der Waals surface area contributed by atoms with Gasteiger partial charge in [0.1, 0.15) is 5.51 Å². The van der Waals surface area contributed by atoms with Gasteiger partial charge in [0.05, 0.1) is 0 Å². The van der Waals surface area contributed by atoms with E-state index < -0.39 is 0 Å². The summed E-state index contributed by atoms with van der Waals surface area (Å²) in [6.45, 7) is 0. The number of nitrogens with zero attached hydrogens (tertiary/aromatic N) is 2. The van der Waals surface area contributed by atoms with Gasteiger partial charge in [-0.15, -0.1) is 10.2 Å². The predicted molar refractivity (Wildman–Crippen MR) is 48.6 cm³/mol. The third-order valence-corrected chi connectivity index (χ3v) is 1.95. The lowest BCUT2D eigenvalue weighted by atomic mass is 10.7. The van der Waals surface area contributed by atoms with Gasteiger partial charge in [0.25, 0.3) is 0 Å². The molecule has 0 amide bonds. The van der Waals surface area contributed by atoms with Crippen molar-refractivity contribution >= 4 is 27.8 Å². The molecule has 3 nitrogen and oxygen atoms in total. The topological polar surface area (TPSA) is 51.8 Å². The lowest BCUT2D eigenvalue weighted by Gasteiger charge is -1.64. The van der Waals surface area contributed by atoms with Crippen molar-refractivity contribution in [3.8, 4) is 0 Å². The molecule has 2 N–H and O–H groups in total. The van der Waals surface area contributed by atoms with Gasteiger partial charge in [0, 0.05) is 0 Å². The number of nitrogens with two attached hydrogens (primary N) is 1. The van der Waals surface area contributed by atoms with Gasteiger partial charge in [-0.05, 0) is 10.8 Å². The number of aromatic nitrogens is 2. The van der Waals surface area contributed by atoms with Crippen LogP contribution in [0.3, 0.4) is 0 Å². The van der Waals surface area contributed by atoms with Crippen LogP contribution in [0.5, 0.6) is 0 Å². The summed E-state index contributed by atoms with van der Waals surface area (Å²) < 4.78 is 0. The Morgan fingerprint density at radius 1 is 1.27 bits per heavy atom. The van der Waals surface area contributed by atoms with Gasteiger partial charge in [0.15, 0.2) is 0 Å². The Balaban J connectivity index is 0.000000112. The molecule has 2 rings (SSSR count). The minimum absolute atomic E-state index is 0.523. The van der Waals surface area contributed by atoms with Crippen molar-refractivity contribution in [2.75, 3.05) is 5.73 Å². The van der Waals surface area contributed by atoms with Crippen LogP contribution in [0.2, 0.25) is 0 Å². The molecule has 58 valence electrons. The monoisotopic (exact) mass is 185 g/mol. The molecule has 2 heterocycles. The van der Waals surface area contributed by atoms with E-state index in [4.69, 9.17) is 5.73 Å². The number of thiophene rings is 1. The molecule has 2 aromatic rings. The Morgan fingerprint density at radius 3 is 2.18 bits per heavy atom. The highest BCUT2D eigenvalue weighted by Crippen LogP contribution is 1.99. The molecule has 0 unspecified atom stereocenters. The maximum atomic E-state index is 5.12. The van der Waals surface area contributed by atoms with Crippen molar-refractivity contribution < 1.29 is 0 Å². The average Bonchev–Trinajstić information content (AvgIpc) is 2.57. The Morgan fingerprint density at radius 2 is 2.00 bits per heavy atom. The van der Waals surface area contributed by atoms with Gasteiger partial charge >= 0.3 is 0 Å². The molecular weight excluding hydrogens is 178 g/mol. The third-order valence-electron chi connectivity index (χ3n) is 0.802. The minimum Gasteiger partial charge on any atom is -0.374 e. The van der Waals surface area contributed by atoms with Crippen LogP contribution < -0.4 is 5.73 Å². The number of nitrogen functional groups attached to an aromatic ring is 1. The van der Waals surface area contributed by atoms with Crippen LogP contribution in [0, 0.1) is 0 Å². The molecule has 2 aromatic heterocycles. The zero-order valence-corrected chi connectivity index (χ0v) is 7.31. The van der Waals surface area contributed by atoms with Crippen LogP contribution in [0.1, 0.15) is 0 Å². The zero-order chi connectivity index (χ0) is 7.94. The van der Waals surface area contributed by atoms with Crippen molar-refractivity contribution in [2.45, 2.75) is 0 Å². The zero-order valence-electron chi connectivity index (χ0n) is 5.68. The summed E-state index contributed by atoms with van der Waals surface area (Å²) in [5.41, 5.74) is 6.72. The van der Waals surface area contributed by atoms with Crippen LogP contribution in [0.15, 0.2) is 28.4 Å². The van der Waals surface area contributed by atoms with Crippen molar-refractivity contribution in [1.82, 2.24) is 10.2 Å². The fraction of sp³-hybridized carbons (Fsp3) is 0. The molecule has 0 atom stereocenters. The number of anilines is 1. The molecule has 0 radical (unpaired) electrons. The molecule has 0 aromatic carbocycles. The number of rotatable bonds is 0. The van der Waals surface area contributed by atoms with Crippen LogP contribution in [-0.4, -0.2) is 10.2 Å². The van der Waals surface area contributed by atoms with Crippen LogP contribution in [0.25, 0.3) is 0 Å². The largest absolute Gasteiger partial charge is 0.374 e. The Kier molecular flexibility index (Phi) is 3.57. The lowest BCUT2D eigenvalue weighted by Crippen LogP contribution is -1.79. The fourth-order valence-corrected chi connectivity index (χ4v) is 1.16. The predicted octanol–water partition coefficient (Wildman–Crippen LogP) is 1.87. The molecule has 11 heavy (non-hydrogen) atoms. The molecular formula is C6H7N3S2. The Hall–Kier alpha value is -0.940. The van der Waals surface area contributed by atoms with Gasteiger partial charge in [-0.25, -0.2) is 0 Å². The highest BCUT2D eigenvalue weighted by atomic mass is 32.1. The maximum Gasteiger partial charge on any atom is 0.202 e. The normalized spacial score (nSPS) is 8.36. The second kappa shape index (κ2) is 4.81. The first-order valence-electron chi connectivity index (χ1n) is 2.88. The van der Waals surface area contributed by atoms with Gasteiger partial charge in [-0.3, -0.25) is 0 Å². The summed E-state index contributed by atoms with van der Waals surface area (Å²) in [4.78, 5) is 0. The van der Waals surface area contributed by atoms with E-state index in [0.717, 1.165) is 0 Å². The van der Waals surface area contributed by atoms with Crippen molar-refractivity contribution in [3.05, 3.63) is 28.4 Å². The second-order valence-corrected chi connectivity index (χ2v) is 3.25. The minimum atomic E-state index is 0.523. The summed E-state index contributed by atoms with van der Waals surface area (Å²) in [7, 11) is 0. The first-order chi connectivity index (χ1) is 5.39. The molecule has 0 bridgehead atoms. The third kappa shape index (κ3) is 3.69. The average molecular weight is 185 g/mol. The smallest absolute Gasteiger partial charge is 0.202 e. The van der Waals surface area contributed by atoms with Crippen molar-refractivity contribution in [1.29, 1.82) is 0 Å². The van der Waals surface area contributed by atoms with Crippen LogP contribution >= 0.6 is 22.7 Å². The molecule has 5 heteroatoms.